The molecule has 0 atom stereocenters. The second kappa shape index (κ2) is 4.93. The van der Waals surface area contributed by atoms with E-state index in [1.165, 1.54) is 18.2 Å². The highest BCUT2D eigenvalue weighted by Crippen LogP contribution is 2.24. The second-order valence-electron chi connectivity index (χ2n) is 5.38. The van der Waals surface area contributed by atoms with Gasteiger partial charge in [-0.25, -0.2) is 8.42 Å². The number of amides is 2. The van der Waals surface area contributed by atoms with Crippen LogP contribution in [0.15, 0.2) is 53.6 Å². The number of anilines is 1. The number of imide groups is 1. The van der Waals surface area contributed by atoms with Crippen molar-refractivity contribution >= 4 is 38.4 Å². The molecular weight excluding hydrogens is 330 g/mol. The molecule has 1 aliphatic rings. The fourth-order valence-corrected chi connectivity index (χ4v) is 3.72. The Morgan fingerprint density at radius 3 is 2.50 bits per heavy atom. The van der Waals surface area contributed by atoms with Crippen molar-refractivity contribution in [2.24, 2.45) is 0 Å². The molecule has 3 N–H and O–H groups in total. The van der Waals surface area contributed by atoms with Crippen LogP contribution in [0.2, 0.25) is 0 Å². The summed E-state index contributed by atoms with van der Waals surface area (Å²) in [6.07, 6.45) is 1.76. The highest BCUT2D eigenvalue weighted by Gasteiger charge is 2.28. The molecule has 0 saturated heterocycles. The molecule has 2 heterocycles. The summed E-state index contributed by atoms with van der Waals surface area (Å²) in [7, 11) is -3.88. The van der Waals surface area contributed by atoms with E-state index in [2.05, 4.69) is 15.0 Å². The zero-order valence-electron chi connectivity index (χ0n) is 12.2. The minimum absolute atomic E-state index is 0.0592. The highest BCUT2D eigenvalue weighted by molar-refractivity contribution is 7.92. The first-order chi connectivity index (χ1) is 11.4. The topological polar surface area (TPSA) is 108 Å². The number of H-pyrrole nitrogens is 1. The van der Waals surface area contributed by atoms with Crippen molar-refractivity contribution in [2.45, 2.75) is 4.90 Å². The Morgan fingerprint density at radius 2 is 1.67 bits per heavy atom. The van der Waals surface area contributed by atoms with E-state index in [0.29, 0.717) is 5.69 Å². The minimum atomic E-state index is -3.88. The quantitative estimate of drug-likeness (QED) is 0.632. The van der Waals surface area contributed by atoms with Gasteiger partial charge in [0.05, 0.1) is 16.0 Å². The number of carbonyl (C=O) groups is 2. The third-order valence-electron chi connectivity index (χ3n) is 3.82. The fraction of sp³-hybridized carbons (Fsp3) is 0. The lowest BCUT2D eigenvalue weighted by Crippen LogP contribution is -2.19. The molecule has 0 bridgehead atoms. The maximum Gasteiger partial charge on any atom is 0.261 e. The van der Waals surface area contributed by atoms with Gasteiger partial charge in [-0.15, -0.1) is 0 Å². The molecule has 2 amide bonds. The molecule has 8 heteroatoms. The average molecular weight is 341 g/mol. The van der Waals surface area contributed by atoms with Crippen molar-refractivity contribution in [3.63, 3.8) is 0 Å². The van der Waals surface area contributed by atoms with E-state index in [1.54, 1.807) is 24.4 Å². The van der Waals surface area contributed by atoms with Crippen LogP contribution in [-0.4, -0.2) is 25.2 Å². The van der Waals surface area contributed by atoms with Gasteiger partial charge in [-0.1, -0.05) is 0 Å². The molecule has 3 aromatic rings. The highest BCUT2D eigenvalue weighted by atomic mass is 32.2. The van der Waals surface area contributed by atoms with Gasteiger partial charge < -0.3 is 4.98 Å². The van der Waals surface area contributed by atoms with Crippen LogP contribution in [0.5, 0.6) is 0 Å². The van der Waals surface area contributed by atoms with Crippen molar-refractivity contribution in [3.05, 3.63) is 59.8 Å². The van der Waals surface area contributed by atoms with Crippen molar-refractivity contribution < 1.29 is 18.0 Å². The van der Waals surface area contributed by atoms with Gasteiger partial charge in [0.25, 0.3) is 21.8 Å². The van der Waals surface area contributed by atoms with Crippen molar-refractivity contribution in [1.29, 1.82) is 0 Å². The van der Waals surface area contributed by atoms with E-state index >= 15 is 0 Å². The SMILES string of the molecule is O=C1NC(=O)c2cc(S(=O)(=O)Nc3ccc4[nH]ccc4c3)ccc21. The van der Waals surface area contributed by atoms with Crippen LogP contribution in [0.25, 0.3) is 10.9 Å². The molecule has 0 saturated carbocycles. The number of hydrogen-bond donors (Lipinski definition) is 3. The Hall–Kier alpha value is -3.13. The van der Waals surface area contributed by atoms with Gasteiger partial charge in [-0.3, -0.25) is 19.6 Å². The molecule has 0 aliphatic carbocycles. The number of nitrogens with one attached hydrogen (secondary N) is 3. The number of rotatable bonds is 3. The summed E-state index contributed by atoms with van der Waals surface area (Å²) < 4.78 is 27.5. The predicted molar refractivity (Wildman–Crippen MR) is 87.3 cm³/mol. The minimum Gasteiger partial charge on any atom is -0.361 e. The Bertz CT molecular complexity index is 1120. The Morgan fingerprint density at radius 1 is 0.875 bits per heavy atom. The summed E-state index contributed by atoms with van der Waals surface area (Å²) in [4.78, 5) is 26.1. The van der Waals surface area contributed by atoms with Gasteiger partial charge in [-0.2, -0.15) is 0 Å². The number of aromatic nitrogens is 1. The van der Waals surface area contributed by atoms with Crippen molar-refractivity contribution in [2.75, 3.05) is 4.72 Å². The van der Waals surface area contributed by atoms with Crippen LogP contribution < -0.4 is 10.0 Å². The molecule has 0 spiro atoms. The van der Waals surface area contributed by atoms with E-state index in [1.807, 2.05) is 6.07 Å². The summed E-state index contributed by atoms with van der Waals surface area (Å²) in [6, 6.07) is 10.8. The van der Waals surface area contributed by atoms with Gasteiger partial charge in [0, 0.05) is 22.8 Å². The van der Waals surface area contributed by atoms with Crippen molar-refractivity contribution in [1.82, 2.24) is 10.3 Å². The monoisotopic (exact) mass is 341 g/mol. The van der Waals surface area contributed by atoms with E-state index in [4.69, 9.17) is 0 Å². The zero-order valence-corrected chi connectivity index (χ0v) is 13.0. The molecule has 1 aliphatic heterocycles. The largest absolute Gasteiger partial charge is 0.361 e. The molecule has 120 valence electrons. The predicted octanol–water partition coefficient (Wildman–Crippen LogP) is 1.85. The Labute approximate surface area is 136 Å². The summed E-state index contributed by atoms with van der Waals surface area (Å²) in [6.45, 7) is 0. The third-order valence-corrected chi connectivity index (χ3v) is 5.20. The van der Waals surface area contributed by atoms with Crippen LogP contribution in [0.1, 0.15) is 20.7 Å². The van der Waals surface area contributed by atoms with E-state index < -0.39 is 21.8 Å². The molecule has 1 aromatic heterocycles. The summed E-state index contributed by atoms with van der Waals surface area (Å²) in [5, 5.41) is 3.00. The molecule has 7 nitrogen and oxygen atoms in total. The number of fused-ring (bicyclic) bond motifs is 2. The number of carbonyl (C=O) groups excluding carboxylic acids is 2. The Balaban J connectivity index is 1.71. The molecular formula is C16H11N3O4S. The molecule has 4 rings (SSSR count). The maximum absolute atomic E-state index is 12.5. The average Bonchev–Trinajstić information content (AvgIpc) is 3.11. The van der Waals surface area contributed by atoms with Crippen LogP contribution in [0.4, 0.5) is 5.69 Å². The van der Waals surface area contributed by atoms with E-state index in [0.717, 1.165) is 10.9 Å². The molecule has 24 heavy (non-hydrogen) atoms. The summed E-state index contributed by atoms with van der Waals surface area (Å²) in [5.41, 5.74) is 1.53. The number of hydrogen-bond acceptors (Lipinski definition) is 4. The van der Waals surface area contributed by atoms with Crippen LogP contribution in [0.3, 0.4) is 0 Å². The Kier molecular flexibility index (Phi) is 2.97. The fourth-order valence-electron chi connectivity index (χ4n) is 2.65. The molecule has 0 radical (unpaired) electrons. The van der Waals surface area contributed by atoms with Gasteiger partial charge >= 0.3 is 0 Å². The lowest BCUT2D eigenvalue weighted by atomic mass is 10.1. The molecule has 2 aromatic carbocycles. The van der Waals surface area contributed by atoms with E-state index in [-0.39, 0.29) is 16.0 Å². The van der Waals surface area contributed by atoms with Gasteiger partial charge in [-0.05, 0) is 42.5 Å². The molecule has 0 fully saturated rings. The lowest BCUT2D eigenvalue weighted by Gasteiger charge is -2.09. The van der Waals surface area contributed by atoms with Crippen LogP contribution >= 0.6 is 0 Å². The lowest BCUT2D eigenvalue weighted by molar-refractivity contribution is 0.0879. The first-order valence-electron chi connectivity index (χ1n) is 7.04. The van der Waals surface area contributed by atoms with Crippen LogP contribution in [0, 0.1) is 0 Å². The second-order valence-corrected chi connectivity index (χ2v) is 7.06. The molecule has 0 unspecified atom stereocenters. The maximum atomic E-state index is 12.5. The van der Waals surface area contributed by atoms with Crippen LogP contribution in [-0.2, 0) is 10.0 Å². The zero-order chi connectivity index (χ0) is 16.9. The van der Waals surface area contributed by atoms with Gasteiger partial charge in [0.15, 0.2) is 0 Å². The third kappa shape index (κ3) is 2.24. The number of aromatic amines is 1. The summed E-state index contributed by atoms with van der Waals surface area (Å²) >= 11 is 0. The first kappa shape index (κ1) is 14.5. The summed E-state index contributed by atoms with van der Waals surface area (Å²) in [5.74, 6) is -1.12. The van der Waals surface area contributed by atoms with Gasteiger partial charge in [0.2, 0.25) is 0 Å². The van der Waals surface area contributed by atoms with E-state index in [9.17, 15) is 18.0 Å². The van der Waals surface area contributed by atoms with Gasteiger partial charge in [0.1, 0.15) is 0 Å². The first-order valence-corrected chi connectivity index (χ1v) is 8.52. The number of sulfonamides is 1. The smallest absolute Gasteiger partial charge is 0.261 e. The normalized spacial score (nSPS) is 13.8. The standard InChI is InChI=1S/C16H11N3O4S/c20-15-12-3-2-11(8-13(12)16(21)18-15)24(22,23)19-10-1-4-14-9(7-10)5-6-17-14/h1-8,17,19H,(H,18,20,21). The van der Waals surface area contributed by atoms with Crippen molar-refractivity contribution in [3.8, 4) is 0 Å². The number of benzene rings is 2.